The normalized spacial score (nSPS) is 11.4. The van der Waals surface area contributed by atoms with Crippen molar-refractivity contribution in [1.29, 1.82) is 0 Å². The zero-order valence-electron chi connectivity index (χ0n) is 14.8. The van der Waals surface area contributed by atoms with E-state index < -0.39 is 0 Å². The van der Waals surface area contributed by atoms with Crippen molar-refractivity contribution in [3.8, 4) is 0 Å². The highest BCUT2D eigenvalue weighted by atomic mass is 16.5. The molecule has 0 aromatic heterocycles. The average Bonchev–Trinajstić information content (AvgIpc) is 2.72. The Balaban J connectivity index is 2.03. The number of carbonyl (C=O) groups is 1. The van der Waals surface area contributed by atoms with E-state index in [-0.39, 0.29) is 11.9 Å². The fourth-order valence-corrected chi connectivity index (χ4v) is 3.03. The Morgan fingerprint density at radius 1 is 0.808 bits per heavy atom. The van der Waals surface area contributed by atoms with Crippen LogP contribution in [0.4, 0.5) is 0 Å². The summed E-state index contributed by atoms with van der Waals surface area (Å²) >= 11 is 0. The summed E-state index contributed by atoms with van der Waals surface area (Å²) in [6.07, 6.45) is 2.64. The first-order valence-corrected chi connectivity index (χ1v) is 8.72. The molecule has 3 aromatic rings. The monoisotopic (exact) mass is 342 g/mol. The fourth-order valence-electron chi connectivity index (χ4n) is 3.03. The van der Waals surface area contributed by atoms with Crippen molar-refractivity contribution in [2.24, 2.45) is 5.92 Å². The topological polar surface area (TPSA) is 26.3 Å². The zero-order valence-corrected chi connectivity index (χ0v) is 14.8. The molecule has 0 saturated carbocycles. The van der Waals surface area contributed by atoms with Crippen molar-refractivity contribution in [2.75, 3.05) is 7.11 Å². The molecular formula is C24H22O2. The summed E-state index contributed by atoms with van der Waals surface area (Å²) in [7, 11) is 1.44. The second-order valence-corrected chi connectivity index (χ2v) is 6.13. The van der Waals surface area contributed by atoms with Gasteiger partial charge in [-0.05, 0) is 28.7 Å². The predicted molar refractivity (Wildman–Crippen MR) is 106 cm³/mol. The van der Waals surface area contributed by atoms with E-state index in [1.807, 2.05) is 72.8 Å². The van der Waals surface area contributed by atoms with Gasteiger partial charge < -0.3 is 4.74 Å². The van der Waals surface area contributed by atoms with Gasteiger partial charge in [0, 0.05) is 0 Å². The van der Waals surface area contributed by atoms with Gasteiger partial charge >= 0.3 is 5.97 Å². The quantitative estimate of drug-likeness (QED) is 0.579. The lowest BCUT2D eigenvalue weighted by Gasteiger charge is -2.15. The third-order valence-corrected chi connectivity index (χ3v) is 4.34. The van der Waals surface area contributed by atoms with Crippen LogP contribution in [0.1, 0.15) is 16.7 Å². The molecule has 1 atom stereocenters. The Kier molecular flexibility index (Phi) is 6.00. The van der Waals surface area contributed by atoms with Crippen molar-refractivity contribution in [2.45, 2.75) is 6.42 Å². The van der Waals surface area contributed by atoms with E-state index in [4.69, 9.17) is 4.74 Å². The highest BCUT2D eigenvalue weighted by Gasteiger charge is 2.19. The number of benzene rings is 3. The molecule has 0 amide bonds. The number of hydrogen-bond acceptors (Lipinski definition) is 2. The minimum Gasteiger partial charge on any atom is -0.469 e. The Morgan fingerprint density at radius 2 is 1.27 bits per heavy atom. The van der Waals surface area contributed by atoms with Crippen LogP contribution in [0.5, 0.6) is 0 Å². The summed E-state index contributed by atoms with van der Waals surface area (Å²) < 4.78 is 5.07. The fraction of sp³-hybridized carbons (Fsp3) is 0.125. The molecule has 0 aliphatic heterocycles. The van der Waals surface area contributed by atoms with Crippen LogP contribution >= 0.6 is 0 Å². The Hall–Kier alpha value is -3.13. The summed E-state index contributed by atoms with van der Waals surface area (Å²) in [4.78, 5) is 12.4. The maximum absolute atomic E-state index is 12.4. The van der Waals surface area contributed by atoms with Crippen molar-refractivity contribution in [3.63, 3.8) is 0 Å². The molecule has 0 N–H and O–H groups in total. The zero-order chi connectivity index (χ0) is 18.2. The number of hydrogen-bond donors (Lipinski definition) is 0. The van der Waals surface area contributed by atoms with E-state index in [0.29, 0.717) is 6.42 Å². The lowest BCUT2D eigenvalue weighted by molar-refractivity contribution is -0.143. The van der Waals surface area contributed by atoms with Crippen molar-refractivity contribution >= 4 is 11.5 Å². The van der Waals surface area contributed by atoms with Crippen molar-refractivity contribution in [3.05, 3.63) is 114 Å². The first-order valence-electron chi connectivity index (χ1n) is 8.72. The van der Waals surface area contributed by atoms with Crippen LogP contribution in [-0.2, 0) is 16.0 Å². The lowest BCUT2D eigenvalue weighted by Crippen LogP contribution is -2.17. The summed E-state index contributed by atoms with van der Waals surface area (Å²) in [5, 5.41) is 0. The maximum atomic E-state index is 12.4. The first kappa shape index (κ1) is 17.7. The van der Waals surface area contributed by atoms with E-state index >= 15 is 0 Å². The van der Waals surface area contributed by atoms with Crippen molar-refractivity contribution in [1.82, 2.24) is 0 Å². The summed E-state index contributed by atoms with van der Waals surface area (Å²) in [5.41, 5.74) is 4.32. The van der Waals surface area contributed by atoms with Crippen LogP contribution in [0.15, 0.2) is 97.1 Å². The number of methoxy groups -OCH3 is 1. The Bertz CT molecular complexity index is 811. The van der Waals surface area contributed by atoms with E-state index in [1.54, 1.807) is 0 Å². The van der Waals surface area contributed by atoms with Crippen LogP contribution in [0.2, 0.25) is 0 Å². The van der Waals surface area contributed by atoms with Gasteiger partial charge in [-0.1, -0.05) is 97.1 Å². The second-order valence-electron chi connectivity index (χ2n) is 6.13. The Labute approximate surface area is 154 Å². The summed E-state index contributed by atoms with van der Waals surface area (Å²) in [6.45, 7) is 0. The van der Waals surface area contributed by atoms with E-state index in [0.717, 1.165) is 22.3 Å². The molecule has 0 aliphatic carbocycles. The molecule has 0 bridgehead atoms. The van der Waals surface area contributed by atoms with Gasteiger partial charge in [-0.3, -0.25) is 4.79 Å². The number of carbonyl (C=O) groups excluding carboxylic acids is 1. The van der Waals surface area contributed by atoms with E-state index in [2.05, 4.69) is 24.3 Å². The number of esters is 1. The minimum absolute atomic E-state index is 0.224. The highest BCUT2D eigenvalue weighted by molar-refractivity contribution is 5.84. The smallest absolute Gasteiger partial charge is 0.312 e. The summed E-state index contributed by atoms with van der Waals surface area (Å²) in [6, 6.07) is 30.3. The number of rotatable bonds is 6. The van der Waals surface area contributed by atoms with Gasteiger partial charge in [0.2, 0.25) is 0 Å². The molecule has 3 aromatic carbocycles. The van der Waals surface area contributed by atoms with Gasteiger partial charge in [0.05, 0.1) is 13.0 Å². The van der Waals surface area contributed by atoms with Gasteiger partial charge in [0.1, 0.15) is 0 Å². The molecule has 2 nitrogen and oxygen atoms in total. The van der Waals surface area contributed by atoms with Gasteiger partial charge in [0.25, 0.3) is 0 Å². The molecule has 0 aliphatic rings. The average molecular weight is 342 g/mol. The van der Waals surface area contributed by atoms with Gasteiger partial charge in [-0.2, -0.15) is 0 Å². The largest absolute Gasteiger partial charge is 0.469 e. The SMILES string of the molecule is COC(=O)C(C=C(c1ccccc1)c1ccccc1)Cc1ccccc1. The molecule has 0 heterocycles. The highest BCUT2D eigenvalue weighted by Crippen LogP contribution is 2.26. The molecule has 0 radical (unpaired) electrons. The van der Waals surface area contributed by atoms with Crippen LogP contribution in [0.25, 0.3) is 5.57 Å². The van der Waals surface area contributed by atoms with Crippen LogP contribution < -0.4 is 0 Å². The standard InChI is InChI=1S/C24H22O2/c1-26-24(25)22(17-19-11-5-2-6-12-19)18-23(20-13-7-3-8-14-20)21-15-9-4-10-16-21/h2-16,18,22H,17H2,1H3. The lowest BCUT2D eigenvalue weighted by atomic mass is 9.91. The van der Waals surface area contributed by atoms with E-state index in [1.165, 1.54) is 7.11 Å². The third kappa shape index (κ3) is 4.48. The van der Waals surface area contributed by atoms with Gasteiger partial charge in [-0.15, -0.1) is 0 Å². The maximum Gasteiger partial charge on any atom is 0.312 e. The third-order valence-electron chi connectivity index (χ3n) is 4.34. The molecular weight excluding hydrogens is 320 g/mol. The molecule has 26 heavy (non-hydrogen) atoms. The van der Waals surface area contributed by atoms with Crippen LogP contribution in [-0.4, -0.2) is 13.1 Å². The molecule has 2 heteroatoms. The second kappa shape index (κ2) is 8.82. The van der Waals surface area contributed by atoms with Gasteiger partial charge in [-0.25, -0.2) is 0 Å². The molecule has 0 saturated heterocycles. The first-order chi connectivity index (χ1) is 12.8. The molecule has 3 rings (SSSR count). The number of ether oxygens (including phenoxy) is 1. The molecule has 1 unspecified atom stereocenters. The molecule has 0 spiro atoms. The minimum atomic E-state index is -0.349. The van der Waals surface area contributed by atoms with Crippen LogP contribution in [0.3, 0.4) is 0 Å². The van der Waals surface area contributed by atoms with Crippen LogP contribution in [0, 0.1) is 5.92 Å². The Morgan fingerprint density at radius 3 is 1.73 bits per heavy atom. The predicted octanol–water partition coefficient (Wildman–Crippen LogP) is 5.15. The molecule has 0 fully saturated rings. The molecule has 130 valence electrons. The summed E-state index contributed by atoms with van der Waals surface area (Å²) in [5.74, 6) is -0.573. The van der Waals surface area contributed by atoms with Gasteiger partial charge in [0.15, 0.2) is 0 Å². The van der Waals surface area contributed by atoms with Crippen molar-refractivity contribution < 1.29 is 9.53 Å². The van der Waals surface area contributed by atoms with E-state index in [9.17, 15) is 4.79 Å².